The highest BCUT2D eigenvalue weighted by Gasteiger charge is 2.16. The summed E-state index contributed by atoms with van der Waals surface area (Å²) in [7, 11) is 2.07. The number of pyridine rings is 1. The maximum atomic E-state index is 11.8. The van der Waals surface area contributed by atoms with Crippen LogP contribution in [0.15, 0.2) is 18.3 Å². The lowest BCUT2D eigenvalue weighted by Gasteiger charge is -2.32. The zero-order valence-corrected chi connectivity index (χ0v) is 9.81. The molecule has 0 unspecified atom stereocenters. The van der Waals surface area contributed by atoms with Crippen LogP contribution in [0, 0.1) is 0 Å². The van der Waals surface area contributed by atoms with Gasteiger partial charge < -0.3 is 4.90 Å². The lowest BCUT2D eigenvalue weighted by atomic mass is 10.2. The number of amides is 1. The number of hydrogen-bond acceptors (Lipinski definition) is 4. The van der Waals surface area contributed by atoms with E-state index in [1.54, 1.807) is 6.07 Å². The van der Waals surface area contributed by atoms with Gasteiger partial charge in [-0.05, 0) is 19.2 Å². The number of likely N-dealkylation sites (N-methyl/N-ethyl adjacent to an activating group) is 1. The number of rotatable bonds is 2. The summed E-state index contributed by atoms with van der Waals surface area (Å²) in [5, 5.41) is 1.91. The van der Waals surface area contributed by atoms with Crippen LogP contribution in [0.25, 0.3) is 0 Å². The molecule has 0 saturated carbocycles. The number of aromatic nitrogens is 1. The summed E-state index contributed by atoms with van der Waals surface area (Å²) < 4.78 is 0. The van der Waals surface area contributed by atoms with Crippen LogP contribution in [0.2, 0.25) is 0 Å². The van der Waals surface area contributed by atoms with Crippen LogP contribution >= 0.6 is 0 Å². The predicted molar refractivity (Wildman–Crippen MR) is 63.5 cm³/mol. The van der Waals surface area contributed by atoms with Gasteiger partial charge in [0.1, 0.15) is 5.82 Å². The Bertz CT molecular complexity index is 383. The lowest BCUT2D eigenvalue weighted by molar-refractivity contribution is 0.0662. The third kappa shape index (κ3) is 3.15. The van der Waals surface area contributed by atoms with E-state index in [1.807, 2.05) is 5.01 Å². The van der Waals surface area contributed by atoms with Gasteiger partial charge in [0.25, 0.3) is 5.91 Å². The van der Waals surface area contributed by atoms with Crippen molar-refractivity contribution in [1.29, 1.82) is 0 Å². The fourth-order valence-corrected chi connectivity index (χ4v) is 1.65. The van der Waals surface area contributed by atoms with E-state index in [9.17, 15) is 4.79 Å². The fraction of sp³-hybridized carbons (Fsp3) is 0.455. The van der Waals surface area contributed by atoms with E-state index in [1.165, 1.54) is 12.3 Å². The van der Waals surface area contributed by atoms with Crippen molar-refractivity contribution >= 4 is 11.7 Å². The Labute approximate surface area is 100 Å². The van der Waals surface area contributed by atoms with Crippen LogP contribution in [-0.4, -0.2) is 54.0 Å². The monoisotopic (exact) mass is 234 g/mol. The number of carbonyl (C=O) groups excluding carboxylic acids is 1. The summed E-state index contributed by atoms with van der Waals surface area (Å²) in [6.07, 6.45) is 1.42. The van der Waals surface area contributed by atoms with Gasteiger partial charge in [-0.3, -0.25) is 16.0 Å². The van der Waals surface area contributed by atoms with Gasteiger partial charge in [0, 0.05) is 32.4 Å². The molecule has 91 valence electrons. The molecule has 1 aromatic heterocycles. The average Bonchev–Trinajstić information content (AvgIpc) is 2.33. The molecule has 0 aliphatic carbocycles. The lowest BCUT2D eigenvalue weighted by Crippen LogP contribution is -2.52. The fourth-order valence-electron chi connectivity index (χ4n) is 1.65. The number of hydrazine groups is 1. The van der Waals surface area contributed by atoms with E-state index in [0.717, 1.165) is 26.2 Å². The van der Waals surface area contributed by atoms with Crippen LogP contribution in [0.3, 0.4) is 0 Å². The molecule has 1 radical (unpaired) electrons. The van der Waals surface area contributed by atoms with Crippen molar-refractivity contribution in [3.8, 4) is 0 Å². The molecule has 0 aromatic carbocycles. The second kappa shape index (κ2) is 5.11. The first kappa shape index (κ1) is 11.8. The third-order valence-corrected chi connectivity index (χ3v) is 2.79. The van der Waals surface area contributed by atoms with Crippen molar-refractivity contribution in [3.05, 3.63) is 23.9 Å². The van der Waals surface area contributed by atoms with Gasteiger partial charge in [-0.1, -0.05) is 0 Å². The van der Waals surface area contributed by atoms with Gasteiger partial charge in [-0.15, -0.1) is 0 Å². The van der Waals surface area contributed by atoms with E-state index >= 15 is 0 Å². The molecular weight excluding hydrogens is 218 g/mol. The van der Waals surface area contributed by atoms with Gasteiger partial charge >= 0.3 is 0 Å². The van der Waals surface area contributed by atoms with Crippen LogP contribution < -0.4 is 11.2 Å². The first-order chi connectivity index (χ1) is 8.15. The number of nitrogens with one attached hydrogen (secondary N) is 2. The molecule has 1 fully saturated rings. The Kier molecular flexibility index (Phi) is 3.55. The average molecular weight is 234 g/mol. The zero-order chi connectivity index (χ0) is 12.3. The van der Waals surface area contributed by atoms with Crippen molar-refractivity contribution in [2.24, 2.45) is 0 Å². The summed E-state index contributed by atoms with van der Waals surface area (Å²) in [6, 6.07) is 3.12. The Morgan fingerprint density at radius 1 is 1.35 bits per heavy atom. The minimum Gasteiger partial charge on any atom is -0.304 e. The SMILES string of the molecule is CN1CCN(NC(=O)c2ccc([NH])nc2)CC1. The number of piperazine rings is 1. The molecule has 1 aliphatic heterocycles. The standard InChI is InChI=1S/C11H16N5O/c1-15-4-6-16(7-5-15)14-11(17)9-2-3-10(12)13-8-9/h2-3,8,12H,4-7H2,1H3,(H,14,17). The smallest absolute Gasteiger partial charge is 0.267 e. The summed E-state index contributed by atoms with van der Waals surface area (Å²) in [6.45, 7) is 3.55. The Morgan fingerprint density at radius 3 is 2.65 bits per heavy atom. The van der Waals surface area contributed by atoms with Gasteiger partial charge in [0.05, 0.1) is 5.56 Å². The van der Waals surface area contributed by atoms with Crippen molar-refractivity contribution < 1.29 is 4.79 Å². The van der Waals surface area contributed by atoms with Crippen LogP contribution in [0.1, 0.15) is 10.4 Å². The van der Waals surface area contributed by atoms with E-state index in [0.29, 0.717) is 5.56 Å². The molecule has 0 spiro atoms. The van der Waals surface area contributed by atoms with E-state index in [-0.39, 0.29) is 11.7 Å². The normalized spacial score (nSPS) is 17.9. The summed E-state index contributed by atoms with van der Waals surface area (Å²) in [4.78, 5) is 17.8. The molecule has 1 saturated heterocycles. The molecule has 17 heavy (non-hydrogen) atoms. The van der Waals surface area contributed by atoms with Gasteiger partial charge in [-0.2, -0.15) is 0 Å². The van der Waals surface area contributed by atoms with Gasteiger partial charge in [0.15, 0.2) is 0 Å². The maximum absolute atomic E-state index is 11.8. The number of carbonyl (C=O) groups is 1. The first-order valence-electron chi connectivity index (χ1n) is 5.57. The van der Waals surface area contributed by atoms with E-state index in [2.05, 4.69) is 22.4 Å². The minimum absolute atomic E-state index is 0.165. The molecule has 0 atom stereocenters. The largest absolute Gasteiger partial charge is 0.304 e. The van der Waals surface area contributed by atoms with E-state index in [4.69, 9.17) is 5.73 Å². The molecule has 6 heteroatoms. The molecular formula is C11H16N5O. The molecule has 0 bridgehead atoms. The Balaban J connectivity index is 1.91. The summed E-state index contributed by atoms with van der Waals surface area (Å²) in [5.41, 5.74) is 10.6. The van der Waals surface area contributed by atoms with Crippen molar-refractivity contribution in [3.63, 3.8) is 0 Å². The van der Waals surface area contributed by atoms with Gasteiger partial charge in [-0.25, -0.2) is 9.99 Å². The second-order valence-electron chi connectivity index (χ2n) is 4.16. The third-order valence-electron chi connectivity index (χ3n) is 2.79. The van der Waals surface area contributed by atoms with Gasteiger partial charge in [0.2, 0.25) is 0 Å². The van der Waals surface area contributed by atoms with Crippen LogP contribution in [-0.2, 0) is 0 Å². The number of hydrogen-bond donors (Lipinski definition) is 1. The molecule has 1 amide bonds. The molecule has 1 aromatic rings. The molecule has 2 heterocycles. The molecule has 2 rings (SSSR count). The highest BCUT2D eigenvalue weighted by Crippen LogP contribution is 2.03. The predicted octanol–water partition coefficient (Wildman–Crippen LogP) is -0.112. The quantitative estimate of drug-likeness (QED) is 0.775. The van der Waals surface area contributed by atoms with Crippen molar-refractivity contribution in [2.45, 2.75) is 0 Å². The number of nitrogens with zero attached hydrogens (tertiary/aromatic N) is 3. The highest BCUT2D eigenvalue weighted by molar-refractivity contribution is 5.93. The highest BCUT2D eigenvalue weighted by atomic mass is 16.2. The summed E-state index contributed by atoms with van der Waals surface area (Å²) >= 11 is 0. The Morgan fingerprint density at radius 2 is 2.06 bits per heavy atom. The molecule has 1 aliphatic rings. The van der Waals surface area contributed by atoms with Crippen molar-refractivity contribution in [1.82, 2.24) is 26.1 Å². The Hall–Kier alpha value is -1.66. The minimum atomic E-state index is -0.165. The van der Waals surface area contributed by atoms with Crippen molar-refractivity contribution in [2.75, 3.05) is 33.2 Å². The first-order valence-corrected chi connectivity index (χ1v) is 5.57. The van der Waals surface area contributed by atoms with Crippen LogP contribution in [0.4, 0.5) is 5.82 Å². The van der Waals surface area contributed by atoms with Crippen LogP contribution in [0.5, 0.6) is 0 Å². The van der Waals surface area contributed by atoms with E-state index < -0.39 is 0 Å². The topological polar surface area (TPSA) is 72.3 Å². The maximum Gasteiger partial charge on any atom is 0.267 e. The molecule has 6 nitrogen and oxygen atoms in total. The second-order valence-corrected chi connectivity index (χ2v) is 4.16. The molecule has 2 N–H and O–H groups in total. The summed E-state index contributed by atoms with van der Waals surface area (Å²) in [5.74, 6) is 0.00296. The zero-order valence-electron chi connectivity index (χ0n) is 9.81.